The summed E-state index contributed by atoms with van der Waals surface area (Å²) in [6.45, 7) is 4.79. The van der Waals surface area contributed by atoms with Gasteiger partial charge in [0, 0.05) is 29.6 Å². The van der Waals surface area contributed by atoms with Gasteiger partial charge in [-0.05, 0) is 68.4 Å². The van der Waals surface area contributed by atoms with E-state index in [1.54, 1.807) is 6.26 Å². The van der Waals surface area contributed by atoms with E-state index in [0.29, 0.717) is 36.9 Å². The Kier molecular flexibility index (Phi) is 6.89. The molecule has 1 saturated heterocycles. The van der Waals surface area contributed by atoms with Crippen molar-refractivity contribution in [3.63, 3.8) is 0 Å². The minimum absolute atomic E-state index is 0.136. The van der Waals surface area contributed by atoms with Crippen LogP contribution in [0.25, 0.3) is 10.9 Å². The first-order valence-corrected chi connectivity index (χ1v) is 11.0. The SMILES string of the molecule is CCOc1ccc2[nH]c(=O)c(CN(Cc3ccco3)C(=S)NCC3CCCO3)cc2c1. The lowest BCUT2D eigenvalue weighted by atomic mass is 10.1. The Hall–Kier alpha value is -2.84. The summed E-state index contributed by atoms with van der Waals surface area (Å²) in [5.41, 5.74) is 1.26. The Bertz CT molecular complexity index is 1070. The van der Waals surface area contributed by atoms with Crippen molar-refractivity contribution >= 4 is 28.2 Å². The fraction of sp³-hybridized carbons (Fsp3) is 0.391. The van der Waals surface area contributed by atoms with Crippen LogP contribution < -0.4 is 15.6 Å². The number of hydrogen-bond acceptors (Lipinski definition) is 5. The third-order valence-corrected chi connectivity index (χ3v) is 5.69. The molecule has 2 N–H and O–H groups in total. The standard InChI is InChI=1S/C23H27N3O4S/c1-2-28-18-7-8-21-16(12-18)11-17(22(27)25-21)14-26(15-20-6-4-10-30-20)23(31)24-13-19-5-3-9-29-19/h4,6-8,10-12,19H,2-3,5,9,13-15H2,1H3,(H,24,31)(H,25,27). The zero-order valence-corrected chi connectivity index (χ0v) is 18.4. The van der Waals surface area contributed by atoms with Crippen LogP contribution in [0.5, 0.6) is 5.75 Å². The lowest BCUT2D eigenvalue weighted by Crippen LogP contribution is -2.42. The molecule has 3 heterocycles. The number of furan rings is 1. The smallest absolute Gasteiger partial charge is 0.253 e. The molecule has 0 saturated carbocycles. The van der Waals surface area contributed by atoms with Crippen LogP contribution in [0.15, 0.2) is 51.9 Å². The maximum Gasteiger partial charge on any atom is 0.253 e. The van der Waals surface area contributed by atoms with Crippen LogP contribution in [0.1, 0.15) is 31.1 Å². The first-order chi connectivity index (χ1) is 15.1. The average molecular weight is 442 g/mol. The van der Waals surface area contributed by atoms with Gasteiger partial charge in [0.15, 0.2) is 5.11 Å². The third kappa shape index (κ3) is 5.45. The molecule has 1 atom stereocenters. The number of pyridine rings is 1. The fourth-order valence-corrected chi connectivity index (χ4v) is 3.93. The Morgan fingerprint density at radius 1 is 1.32 bits per heavy atom. The molecule has 4 rings (SSSR count). The second kappa shape index (κ2) is 9.98. The Balaban J connectivity index is 1.55. The van der Waals surface area contributed by atoms with E-state index in [1.165, 1.54) is 0 Å². The van der Waals surface area contributed by atoms with E-state index in [-0.39, 0.29) is 11.7 Å². The number of nitrogens with one attached hydrogen (secondary N) is 2. The highest BCUT2D eigenvalue weighted by Crippen LogP contribution is 2.20. The second-order valence-corrected chi connectivity index (χ2v) is 7.95. The van der Waals surface area contributed by atoms with Crippen molar-refractivity contribution in [3.05, 3.63) is 64.3 Å². The Morgan fingerprint density at radius 3 is 2.97 bits per heavy atom. The minimum atomic E-state index is -0.136. The van der Waals surface area contributed by atoms with Gasteiger partial charge < -0.3 is 29.1 Å². The van der Waals surface area contributed by atoms with Crippen molar-refractivity contribution in [2.24, 2.45) is 0 Å². The van der Waals surface area contributed by atoms with Gasteiger partial charge in [0.05, 0.1) is 32.1 Å². The summed E-state index contributed by atoms with van der Waals surface area (Å²) in [6.07, 6.45) is 3.91. The van der Waals surface area contributed by atoms with Gasteiger partial charge in [0.25, 0.3) is 5.56 Å². The monoisotopic (exact) mass is 441 g/mol. The lowest BCUT2D eigenvalue weighted by Gasteiger charge is -2.26. The number of H-pyrrole nitrogens is 1. The number of ether oxygens (including phenoxy) is 2. The number of benzene rings is 1. The van der Waals surface area contributed by atoms with E-state index in [9.17, 15) is 4.79 Å². The molecular formula is C23H27N3O4S. The molecule has 0 bridgehead atoms. The van der Waals surface area contributed by atoms with Gasteiger partial charge >= 0.3 is 0 Å². The highest BCUT2D eigenvalue weighted by molar-refractivity contribution is 7.80. The van der Waals surface area contributed by atoms with Crippen molar-refractivity contribution in [2.45, 2.75) is 39.0 Å². The van der Waals surface area contributed by atoms with Crippen LogP contribution in [-0.4, -0.2) is 40.9 Å². The predicted molar refractivity (Wildman–Crippen MR) is 123 cm³/mol. The van der Waals surface area contributed by atoms with Crippen LogP contribution in [0, 0.1) is 0 Å². The molecule has 0 aliphatic carbocycles. The summed E-state index contributed by atoms with van der Waals surface area (Å²) in [4.78, 5) is 17.6. The summed E-state index contributed by atoms with van der Waals surface area (Å²) in [5, 5.41) is 4.78. The molecule has 2 aromatic heterocycles. The highest BCUT2D eigenvalue weighted by Gasteiger charge is 2.19. The molecule has 8 heteroatoms. The van der Waals surface area contributed by atoms with Gasteiger partial charge in [-0.1, -0.05) is 0 Å². The molecule has 1 unspecified atom stereocenters. The topological polar surface area (TPSA) is 79.7 Å². The van der Waals surface area contributed by atoms with Gasteiger partial charge in [-0.3, -0.25) is 4.79 Å². The van der Waals surface area contributed by atoms with E-state index >= 15 is 0 Å². The summed E-state index contributed by atoms with van der Waals surface area (Å²) < 4.78 is 16.8. The molecule has 1 aliphatic heterocycles. The van der Waals surface area contributed by atoms with E-state index < -0.39 is 0 Å². The number of nitrogens with zero attached hydrogens (tertiary/aromatic N) is 1. The zero-order valence-electron chi connectivity index (χ0n) is 17.6. The molecular weight excluding hydrogens is 414 g/mol. The fourth-order valence-electron chi connectivity index (χ4n) is 3.72. The molecule has 1 aliphatic rings. The van der Waals surface area contributed by atoms with E-state index in [2.05, 4.69) is 10.3 Å². The Labute approximate surface area is 186 Å². The van der Waals surface area contributed by atoms with Crippen molar-refractivity contribution in [1.82, 2.24) is 15.2 Å². The quantitative estimate of drug-likeness (QED) is 0.517. The van der Waals surface area contributed by atoms with Crippen molar-refractivity contribution < 1.29 is 13.9 Å². The van der Waals surface area contributed by atoms with E-state index in [0.717, 1.165) is 41.9 Å². The molecule has 164 valence electrons. The maximum absolute atomic E-state index is 12.8. The van der Waals surface area contributed by atoms with Crippen LogP contribution in [0.3, 0.4) is 0 Å². The number of aromatic nitrogens is 1. The number of fused-ring (bicyclic) bond motifs is 1. The van der Waals surface area contributed by atoms with Crippen molar-refractivity contribution in [3.8, 4) is 5.75 Å². The second-order valence-electron chi connectivity index (χ2n) is 7.56. The van der Waals surface area contributed by atoms with Crippen LogP contribution in [0.2, 0.25) is 0 Å². The van der Waals surface area contributed by atoms with Gasteiger partial charge in [0.1, 0.15) is 11.5 Å². The van der Waals surface area contributed by atoms with Gasteiger partial charge in [0.2, 0.25) is 0 Å². The minimum Gasteiger partial charge on any atom is -0.494 e. The van der Waals surface area contributed by atoms with Crippen molar-refractivity contribution in [1.29, 1.82) is 0 Å². The molecule has 7 nitrogen and oxygen atoms in total. The number of hydrogen-bond donors (Lipinski definition) is 2. The van der Waals surface area contributed by atoms with Crippen LogP contribution in [-0.2, 0) is 17.8 Å². The third-order valence-electron chi connectivity index (χ3n) is 5.28. The first-order valence-electron chi connectivity index (χ1n) is 10.6. The molecule has 1 fully saturated rings. The summed E-state index contributed by atoms with van der Waals surface area (Å²) >= 11 is 5.66. The van der Waals surface area contributed by atoms with E-state index in [1.807, 2.05) is 48.2 Å². The molecule has 0 amide bonds. The molecule has 3 aromatic rings. The number of rotatable bonds is 8. The molecule has 0 radical (unpaired) electrons. The van der Waals surface area contributed by atoms with Gasteiger partial charge in [-0.15, -0.1) is 0 Å². The summed E-state index contributed by atoms with van der Waals surface area (Å²) in [7, 11) is 0. The van der Waals surface area contributed by atoms with Crippen LogP contribution >= 0.6 is 12.2 Å². The molecule has 0 spiro atoms. The van der Waals surface area contributed by atoms with E-state index in [4.69, 9.17) is 26.1 Å². The number of aromatic amines is 1. The van der Waals surface area contributed by atoms with Gasteiger partial charge in [-0.25, -0.2) is 0 Å². The summed E-state index contributed by atoms with van der Waals surface area (Å²) in [6, 6.07) is 11.3. The normalized spacial score (nSPS) is 15.8. The average Bonchev–Trinajstić information content (AvgIpc) is 3.46. The predicted octanol–water partition coefficient (Wildman–Crippen LogP) is 3.58. The Morgan fingerprint density at radius 2 is 2.23 bits per heavy atom. The van der Waals surface area contributed by atoms with Crippen LogP contribution in [0.4, 0.5) is 0 Å². The maximum atomic E-state index is 12.8. The van der Waals surface area contributed by atoms with Crippen molar-refractivity contribution in [2.75, 3.05) is 19.8 Å². The summed E-state index contributed by atoms with van der Waals surface area (Å²) in [5.74, 6) is 1.55. The first kappa shape index (κ1) is 21.4. The molecule has 31 heavy (non-hydrogen) atoms. The number of thiocarbonyl (C=S) groups is 1. The van der Waals surface area contributed by atoms with Gasteiger partial charge in [-0.2, -0.15) is 0 Å². The highest BCUT2D eigenvalue weighted by atomic mass is 32.1. The molecule has 1 aromatic carbocycles. The zero-order chi connectivity index (χ0) is 21.6. The largest absolute Gasteiger partial charge is 0.494 e. The lowest BCUT2D eigenvalue weighted by molar-refractivity contribution is 0.113.